The lowest BCUT2D eigenvalue weighted by Crippen LogP contribution is -2.56. The summed E-state index contributed by atoms with van der Waals surface area (Å²) < 4.78 is 5.98. The van der Waals surface area contributed by atoms with Crippen LogP contribution >= 0.6 is 0 Å². The van der Waals surface area contributed by atoms with Crippen LogP contribution in [0.5, 0.6) is 0 Å². The van der Waals surface area contributed by atoms with Gasteiger partial charge in [0.25, 0.3) is 0 Å². The first kappa shape index (κ1) is 13.9. The normalized spacial score (nSPS) is 42.0. The van der Waals surface area contributed by atoms with Crippen LogP contribution in [0.15, 0.2) is 0 Å². The van der Waals surface area contributed by atoms with E-state index in [1.54, 1.807) is 0 Å². The van der Waals surface area contributed by atoms with Crippen LogP contribution in [0.2, 0.25) is 0 Å². The number of hydrogen-bond donors (Lipinski definition) is 1. The van der Waals surface area contributed by atoms with E-state index < -0.39 is 0 Å². The van der Waals surface area contributed by atoms with Gasteiger partial charge in [0.1, 0.15) is 0 Å². The van der Waals surface area contributed by atoms with Crippen molar-refractivity contribution in [3.63, 3.8) is 0 Å². The summed E-state index contributed by atoms with van der Waals surface area (Å²) in [7, 11) is 2.14. The SMILES string of the molecule is CNC(COCC(C)C)C12CC3CC(CC(C3)C1)C2. The summed E-state index contributed by atoms with van der Waals surface area (Å²) >= 11 is 0. The zero-order valence-electron chi connectivity index (χ0n) is 13.0. The summed E-state index contributed by atoms with van der Waals surface area (Å²) in [6, 6.07) is 0.583. The molecule has 110 valence electrons. The van der Waals surface area contributed by atoms with E-state index in [1.807, 2.05) is 0 Å². The molecule has 4 bridgehead atoms. The zero-order valence-corrected chi connectivity index (χ0v) is 13.0. The quantitative estimate of drug-likeness (QED) is 0.794. The highest BCUT2D eigenvalue weighted by molar-refractivity contribution is 5.05. The van der Waals surface area contributed by atoms with Gasteiger partial charge in [-0.25, -0.2) is 0 Å². The summed E-state index contributed by atoms with van der Waals surface area (Å²) in [5.74, 6) is 3.75. The number of hydrogen-bond acceptors (Lipinski definition) is 2. The third kappa shape index (κ3) is 2.71. The monoisotopic (exact) mass is 265 g/mol. The Hall–Kier alpha value is -0.0800. The Morgan fingerprint density at radius 3 is 1.95 bits per heavy atom. The highest BCUT2D eigenvalue weighted by Gasteiger charge is 2.53. The van der Waals surface area contributed by atoms with Crippen molar-refractivity contribution in [3.05, 3.63) is 0 Å². The molecule has 1 unspecified atom stereocenters. The molecule has 0 aliphatic heterocycles. The third-order valence-electron chi connectivity index (χ3n) is 5.91. The fourth-order valence-electron chi connectivity index (χ4n) is 5.59. The summed E-state index contributed by atoms with van der Waals surface area (Å²) in [5.41, 5.74) is 0.570. The predicted molar refractivity (Wildman–Crippen MR) is 79.1 cm³/mol. The summed E-state index contributed by atoms with van der Waals surface area (Å²) in [6.07, 6.45) is 8.99. The van der Waals surface area contributed by atoms with Crippen LogP contribution in [0.25, 0.3) is 0 Å². The second kappa shape index (κ2) is 5.37. The maximum Gasteiger partial charge on any atom is 0.0625 e. The van der Waals surface area contributed by atoms with Gasteiger partial charge in [-0.1, -0.05) is 13.8 Å². The minimum absolute atomic E-state index is 0.570. The van der Waals surface area contributed by atoms with Gasteiger partial charge in [0, 0.05) is 12.6 Å². The van der Waals surface area contributed by atoms with Crippen LogP contribution < -0.4 is 5.32 Å². The lowest BCUT2D eigenvalue weighted by Gasteiger charge is -2.59. The molecule has 0 aromatic heterocycles. The van der Waals surface area contributed by atoms with Crippen molar-refractivity contribution in [2.45, 2.75) is 58.4 Å². The number of nitrogens with one attached hydrogen (secondary N) is 1. The molecule has 0 heterocycles. The maximum absolute atomic E-state index is 5.98. The standard InChI is InChI=1S/C17H31NO/c1-12(2)10-19-11-16(18-3)17-7-13-4-14(8-17)6-15(5-13)9-17/h12-16,18H,4-11H2,1-3H3. The van der Waals surface area contributed by atoms with Gasteiger partial charge in [-0.3, -0.25) is 0 Å². The van der Waals surface area contributed by atoms with Crippen LogP contribution in [0, 0.1) is 29.1 Å². The van der Waals surface area contributed by atoms with Crippen molar-refractivity contribution in [1.29, 1.82) is 0 Å². The lowest BCUT2D eigenvalue weighted by atomic mass is 9.48. The highest BCUT2D eigenvalue weighted by atomic mass is 16.5. The molecule has 1 atom stereocenters. The Bertz CT molecular complexity index is 277. The molecule has 4 rings (SSSR count). The van der Waals surface area contributed by atoms with Gasteiger partial charge in [-0.05, 0) is 74.7 Å². The Kier molecular flexibility index (Phi) is 3.92. The minimum atomic E-state index is 0.570. The molecule has 0 spiro atoms. The molecule has 0 amide bonds. The van der Waals surface area contributed by atoms with E-state index >= 15 is 0 Å². The molecule has 4 saturated carbocycles. The molecule has 0 aromatic rings. The van der Waals surface area contributed by atoms with Crippen molar-refractivity contribution in [2.24, 2.45) is 29.1 Å². The molecular formula is C17H31NO. The zero-order chi connectivity index (χ0) is 13.5. The fourth-order valence-corrected chi connectivity index (χ4v) is 5.59. The van der Waals surface area contributed by atoms with Crippen molar-refractivity contribution in [1.82, 2.24) is 5.32 Å². The molecule has 2 nitrogen and oxygen atoms in total. The Morgan fingerprint density at radius 1 is 1.00 bits per heavy atom. The molecular weight excluding hydrogens is 234 g/mol. The van der Waals surface area contributed by atoms with Gasteiger partial charge in [0.05, 0.1) is 6.61 Å². The topological polar surface area (TPSA) is 21.3 Å². The maximum atomic E-state index is 5.98. The van der Waals surface area contributed by atoms with E-state index in [4.69, 9.17) is 4.74 Å². The smallest absolute Gasteiger partial charge is 0.0625 e. The molecule has 4 fully saturated rings. The molecule has 0 aromatic carbocycles. The van der Waals surface area contributed by atoms with Gasteiger partial charge in [-0.15, -0.1) is 0 Å². The van der Waals surface area contributed by atoms with Gasteiger partial charge in [0.15, 0.2) is 0 Å². The first-order valence-electron chi connectivity index (χ1n) is 8.36. The van der Waals surface area contributed by atoms with Crippen molar-refractivity contribution >= 4 is 0 Å². The Morgan fingerprint density at radius 2 is 1.53 bits per heavy atom. The Labute approximate surface area is 118 Å². The molecule has 0 saturated heterocycles. The Balaban J connectivity index is 1.65. The average molecular weight is 265 g/mol. The molecule has 2 heteroatoms. The highest BCUT2D eigenvalue weighted by Crippen LogP contribution is 2.61. The second-order valence-corrected chi connectivity index (χ2v) is 8.05. The summed E-state index contributed by atoms with van der Waals surface area (Å²) in [5, 5.41) is 3.61. The number of rotatable bonds is 6. The van der Waals surface area contributed by atoms with Crippen molar-refractivity contribution in [3.8, 4) is 0 Å². The molecule has 1 N–H and O–H groups in total. The molecule has 4 aliphatic carbocycles. The summed E-state index contributed by atoms with van der Waals surface area (Å²) in [6.45, 7) is 6.30. The molecule has 19 heavy (non-hydrogen) atoms. The number of likely N-dealkylation sites (N-methyl/N-ethyl adjacent to an activating group) is 1. The van der Waals surface area contributed by atoms with Gasteiger partial charge >= 0.3 is 0 Å². The summed E-state index contributed by atoms with van der Waals surface area (Å²) in [4.78, 5) is 0. The largest absolute Gasteiger partial charge is 0.380 e. The minimum Gasteiger partial charge on any atom is -0.380 e. The van der Waals surface area contributed by atoms with Gasteiger partial charge < -0.3 is 10.1 Å². The van der Waals surface area contributed by atoms with Crippen molar-refractivity contribution < 1.29 is 4.74 Å². The van der Waals surface area contributed by atoms with E-state index in [0.29, 0.717) is 17.4 Å². The van der Waals surface area contributed by atoms with E-state index in [-0.39, 0.29) is 0 Å². The lowest BCUT2D eigenvalue weighted by molar-refractivity contribution is -0.0884. The predicted octanol–water partition coefficient (Wildman–Crippen LogP) is 3.46. The fraction of sp³-hybridized carbons (Fsp3) is 1.00. The average Bonchev–Trinajstić information content (AvgIpc) is 2.32. The molecule has 0 radical (unpaired) electrons. The van der Waals surface area contributed by atoms with Gasteiger partial charge in [-0.2, -0.15) is 0 Å². The van der Waals surface area contributed by atoms with Crippen LogP contribution in [0.4, 0.5) is 0 Å². The van der Waals surface area contributed by atoms with E-state index in [2.05, 4.69) is 26.2 Å². The second-order valence-electron chi connectivity index (χ2n) is 8.05. The van der Waals surface area contributed by atoms with Crippen LogP contribution in [0.3, 0.4) is 0 Å². The first-order chi connectivity index (χ1) is 9.11. The van der Waals surface area contributed by atoms with E-state index in [1.165, 1.54) is 38.5 Å². The van der Waals surface area contributed by atoms with Crippen LogP contribution in [-0.2, 0) is 4.74 Å². The third-order valence-corrected chi connectivity index (χ3v) is 5.91. The van der Waals surface area contributed by atoms with Crippen LogP contribution in [-0.4, -0.2) is 26.3 Å². The van der Waals surface area contributed by atoms with Crippen molar-refractivity contribution in [2.75, 3.05) is 20.3 Å². The van der Waals surface area contributed by atoms with E-state index in [9.17, 15) is 0 Å². The van der Waals surface area contributed by atoms with E-state index in [0.717, 1.165) is 31.0 Å². The molecule has 4 aliphatic rings. The first-order valence-corrected chi connectivity index (χ1v) is 8.36. The van der Waals surface area contributed by atoms with Crippen LogP contribution in [0.1, 0.15) is 52.4 Å². The van der Waals surface area contributed by atoms with Gasteiger partial charge in [0.2, 0.25) is 0 Å². The number of ether oxygens (including phenoxy) is 1.